The van der Waals surface area contributed by atoms with E-state index in [4.69, 9.17) is 5.73 Å². The topological polar surface area (TPSA) is 47.1 Å². The van der Waals surface area contributed by atoms with Gasteiger partial charge in [-0.15, -0.1) is 0 Å². The van der Waals surface area contributed by atoms with E-state index in [1.54, 1.807) is 0 Å². The summed E-state index contributed by atoms with van der Waals surface area (Å²) < 4.78 is 2.35. The monoisotopic (exact) mass is 234 g/mol. The Morgan fingerprint density at radius 1 is 1.29 bits per heavy atom. The third-order valence-corrected chi connectivity index (χ3v) is 4.03. The molecule has 0 amide bonds. The van der Waals surface area contributed by atoms with Gasteiger partial charge < -0.3 is 10.3 Å². The van der Waals surface area contributed by atoms with Crippen molar-refractivity contribution >= 4 is 0 Å². The van der Waals surface area contributed by atoms with Crippen molar-refractivity contribution in [3.8, 4) is 0 Å². The molecule has 1 unspecified atom stereocenters. The van der Waals surface area contributed by atoms with Crippen molar-refractivity contribution in [2.24, 2.45) is 5.73 Å². The molecule has 1 saturated heterocycles. The summed E-state index contributed by atoms with van der Waals surface area (Å²) in [5.41, 5.74) is 7.33. The fraction of sp³-hybridized carbons (Fsp3) is 0.769. The lowest BCUT2D eigenvalue weighted by atomic mass is 10.1. The maximum atomic E-state index is 6.00. The van der Waals surface area contributed by atoms with Crippen molar-refractivity contribution in [2.75, 3.05) is 19.6 Å². The lowest BCUT2D eigenvalue weighted by Crippen LogP contribution is -2.38. The minimum absolute atomic E-state index is 0.374. The Labute approximate surface area is 103 Å². The number of nitrogens with zero attached hydrogens (tertiary/aromatic N) is 3. The molecular weight excluding hydrogens is 212 g/mol. The van der Waals surface area contributed by atoms with Gasteiger partial charge in [-0.3, -0.25) is 4.90 Å². The second-order valence-electron chi connectivity index (χ2n) is 5.31. The van der Waals surface area contributed by atoms with Gasteiger partial charge in [-0.1, -0.05) is 6.42 Å². The number of hydrogen-bond acceptors (Lipinski definition) is 3. The summed E-state index contributed by atoms with van der Waals surface area (Å²) in [6, 6.07) is 1.07. The molecule has 1 atom stereocenters. The van der Waals surface area contributed by atoms with Gasteiger partial charge in [0.05, 0.1) is 18.1 Å². The SMILES string of the molecule is NCC(c1cncn1C1CC1)N1CCCCC1. The highest BCUT2D eigenvalue weighted by atomic mass is 15.2. The van der Waals surface area contributed by atoms with Crippen LogP contribution in [0.3, 0.4) is 0 Å². The van der Waals surface area contributed by atoms with Gasteiger partial charge in [0.2, 0.25) is 0 Å². The Bertz CT molecular complexity index is 363. The Balaban J connectivity index is 1.80. The van der Waals surface area contributed by atoms with Crippen LogP contribution in [0.4, 0.5) is 0 Å². The number of aromatic nitrogens is 2. The van der Waals surface area contributed by atoms with Crippen LogP contribution in [-0.2, 0) is 0 Å². The smallest absolute Gasteiger partial charge is 0.0951 e. The first kappa shape index (κ1) is 11.2. The number of hydrogen-bond donors (Lipinski definition) is 1. The third kappa shape index (κ3) is 2.24. The van der Waals surface area contributed by atoms with Gasteiger partial charge in [-0.05, 0) is 38.8 Å². The molecule has 1 aromatic heterocycles. The third-order valence-electron chi connectivity index (χ3n) is 4.03. The maximum Gasteiger partial charge on any atom is 0.0951 e. The van der Waals surface area contributed by atoms with Crippen LogP contribution < -0.4 is 5.73 Å². The first-order chi connectivity index (χ1) is 8.40. The summed E-state index contributed by atoms with van der Waals surface area (Å²) in [7, 11) is 0. The molecule has 0 bridgehead atoms. The summed E-state index contributed by atoms with van der Waals surface area (Å²) in [6.45, 7) is 3.09. The molecule has 4 heteroatoms. The van der Waals surface area contributed by atoms with Crippen molar-refractivity contribution in [3.05, 3.63) is 18.2 Å². The van der Waals surface area contributed by atoms with Crippen LogP contribution in [0, 0.1) is 0 Å². The van der Waals surface area contributed by atoms with E-state index in [2.05, 4.69) is 14.5 Å². The zero-order valence-corrected chi connectivity index (χ0v) is 10.4. The van der Waals surface area contributed by atoms with E-state index in [9.17, 15) is 0 Å². The highest BCUT2D eigenvalue weighted by molar-refractivity contribution is 5.10. The summed E-state index contributed by atoms with van der Waals surface area (Å²) in [6.07, 6.45) is 10.6. The molecule has 2 fully saturated rings. The van der Waals surface area contributed by atoms with Gasteiger partial charge in [-0.2, -0.15) is 0 Å². The highest BCUT2D eigenvalue weighted by Crippen LogP contribution is 2.37. The van der Waals surface area contributed by atoms with Crippen molar-refractivity contribution in [1.82, 2.24) is 14.5 Å². The molecule has 0 spiro atoms. The fourth-order valence-corrected chi connectivity index (χ4v) is 2.92. The molecule has 3 rings (SSSR count). The predicted octanol–water partition coefficient (Wildman–Crippen LogP) is 1.70. The average molecular weight is 234 g/mol. The summed E-state index contributed by atoms with van der Waals surface area (Å²) in [5.74, 6) is 0. The minimum atomic E-state index is 0.374. The quantitative estimate of drug-likeness (QED) is 0.862. The highest BCUT2D eigenvalue weighted by Gasteiger charge is 2.30. The maximum absolute atomic E-state index is 6.00. The molecule has 1 aliphatic carbocycles. The molecule has 1 aliphatic heterocycles. The van der Waals surface area contributed by atoms with Crippen molar-refractivity contribution < 1.29 is 0 Å². The predicted molar refractivity (Wildman–Crippen MR) is 67.7 cm³/mol. The van der Waals surface area contributed by atoms with E-state index >= 15 is 0 Å². The standard InChI is InChI=1S/C13H22N4/c14-8-12(16-6-2-1-3-7-16)13-9-15-10-17(13)11-4-5-11/h9-12H,1-8,14H2. The van der Waals surface area contributed by atoms with Gasteiger partial charge in [0, 0.05) is 18.8 Å². The van der Waals surface area contributed by atoms with Crippen LogP contribution in [-0.4, -0.2) is 34.1 Å². The van der Waals surface area contributed by atoms with Crippen LogP contribution in [0.15, 0.2) is 12.5 Å². The summed E-state index contributed by atoms with van der Waals surface area (Å²) in [4.78, 5) is 6.87. The van der Waals surface area contributed by atoms with Gasteiger partial charge in [0.1, 0.15) is 0 Å². The number of piperidine rings is 1. The number of rotatable bonds is 4. The largest absolute Gasteiger partial charge is 0.330 e. The number of likely N-dealkylation sites (tertiary alicyclic amines) is 1. The zero-order chi connectivity index (χ0) is 11.7. The Hall–Kier alpha value is -0.870. The Morgan fingerprint density at radius 3 is 2.71 bits per heavy atom. The molecule has 2 aliphatic rings. The Morgan fingerprint density at radius 2 is 2.06 bits per heavy atom. The zero-order valence-electron chi connectivity index (χ0n) is 10.4. The lowest BCUT2D eigenvalue weighted by Gasteiger charge is -2.34. The van der Waals surface area contributed by atoms with Crippen LogP contribution in [0.5, 0.6) is 0 Å². The molecule has 1 saturated carbocycles. The summed E-state index contributed by atoms with van der Waals surface area (Å²) >= 11 is 0. The molecule has 2 heterocycles. The van der Waals surface area contributed by atoms with Crippen LogP contribution in [0.2, 0.25) is 0 Å². The average Bonchev–Trinajstić information content (AvgIpc) is 3.12. The molecule has 0 radical (unpaired) electrons. The second-order valence-corrected chi connectivity index (χ2v) is 5.31. The normalized spacial score (nSPS) is 23.8. The lowest BCUT2D eigenvalue weighted by molar-refractivity contribution is 0.161. The van der Waals surface area contributed by atoms with Crippen LogP contribution in [0.1, 0.15) is 49.9 Å². The van der Waals surface area contributed by atoms with E-state index in [-0.39, 0.29) is 0 Å². The van der Waals surface area contributed by atoms with Crippen molar-refractivity contribution in [2.45, 2.75) is 44.2 Å². The summed E-state index contributed by atoms with van der Waals surface area (Å²) in [5, 5.41) is 0. The molecule has 2 N–H and O–H groups in total. The number of imidazole rings is 1. The number of nitrogens with two attached hydrogens (primary N) is 1. The first-order valence-electron chi connectivity index (χ1n) is 6.86. The van der Waals surface area contributed by atoms with Crippen LogP contribution in [0.25, 0.3) is 0 Å². The van der Waals surface area contributed by atoms with E-state index in [0.717, 1.165) is 0 Å². The van der Waals surface area contributed by atoms with E-state index < -0.39 is 0 Å². The van der Waals surface area contributed by atoms with Gasteiger partial charge >= 0.3 is 0 Å². The van der Waals surface area contributed by atoms with E-state index in [0.29, 0.717) is 18.6 Å². The minimum Gasteiger partial charge on any atom is -0.330 e. The second kappa shape index (κ2) is 4.78. The van der Waals surface area contributed by atoms with E-state index in [1.165, 1.54) is 50.9 Å². The van der Waals surface area contributed by atoms with E-state index in [1.807, 2.05) is 12.5 Å². The fourth-order valence-electron chi connectivity index (χ4n) is 2.92. The molecule has 4 nitrogen and oxygen atoms in total. The molecule has 1 aromatic rings. The molecular formula is C13H22N4. The van der Waals surface area contributed by atoms with Crippen LogP contribution >= 0.6 is 0 Å². The van der Waals surface area contributed by atoms with Gasteiger partial charge in [0.15, 0.2) is 0 Å². The first-order valence-corrected chi connectivity index (χ1v) is 6.86. The molecule has 94 valence electrons. The van der Waals surface area contributed by atoms with Crippen molar-refractivity contribution in [3.63, 3.8) is 0 Å². The van der Waals surface area contributed by atoms with Crippen molar-refractivity contribution in [1.29, 1.82) is 0 Å². The molecule has 0 aromatic carbocycles. The van der Waals surface area contributed by atoms with Gasteiger partial charge in [0.25, 0.3) is 0 Å². The van der Waals surface area contributed by atoms with Gasteiger partial charge in [-0.25, -0.2) is 4.98 Å². The Kier molecular flexibility index (Phi) is 3.16. The molecule has 17 heavy (non-hydrogen) atoms.